The molecule has 0 fully saturated rings. The number of carbonyl (C=O) groups is 1. The van der Waals surface area contributed by atoms with Crippen LogP contribution in [0.1, 0.15) is 27.2 Å². The number of hydrogen-bond donors (Lipinski definition) is 1. The molecule has 1 N–H and O–H groups in total. The third-order valence-electron chi connectivity index (χ3n) is 1.78. The molecule has 0 spiro atoms. The van der Waals surface area contributed by atoms with Gasteiger partial charge in [0.2, 0.25) is 0 Å². The van der Waals surface area contributed by atoms with E-state index in [1.165, 1.54) is 0 Å². The molecule has 0 atom stereocenters. The van der Waals surface area contributed by atoms with E-state index in [1.54, 1.807) is 0 Å². The van der Waals surface area contributed by atoms with Crippen molar-refractivity contribution in [2.75, 3.05) is 6.61 Å². The van der Waals surface area contributed by atoms with Crippen LogP contribution in [0.3, 0.4) is 0 Å². The van der Waals surface area contributed by atoms with Crippen LogP contribution in [0.5, 0.6) is 0 Å². The van der Waals surface area contributed by atoms with Crippen molar-refractivity contribution in [1.29, 1.82) is 0 Å². The zero-order valence-corrected chi connectivity index (χ0v) is 6.27. The second-order valence-corrected chi connectivity index (χ2v) is 2.82. The molecule has 0 rings (SSSR count). The standard InChI is InChI=1S/C7H14O2/c1-4-7(2,3)6(9)5-8/h8H,4-5H2,1-3H3. The van der Waals surface area contributed by atoms with Gasteiger partial charge < -0.3 is 5.11 Å². The van der Waals surface area contributed by atoms with E-state index in [0.717, 1.165) is 6.42 Å². The van der Waals surface area contributed by atoms with Gasteiger partial charge in [-0.2, -0.15) is 0 Å². The average Bonchev–Trinajstić information content (AvgIpc) is 1.86. The SMILES string of the molecule is CCC(C)(C)C(=O)CO. The highest BCUT2D eigenvalue weighted by molar-refractivity contribution is 5.84. The van der Waals surface area contributed by atoms with E-state index in [-0.39, 0.29) is 17.8 Å². The van der Waals surface area contributed by atoms with Gasteiger partial charge in [-0.3, -0.25) is 4.79 Å². The highest BCUT2D eigenvalue weighted by atomic mass is 16.3. The predicted octanol–water partition coefficient (Wildman–Crippen LogP) is 0.984. The van der Waals surface area contributed by atoms with Crippen LogP contribution in [-0.4, -0.2) is 17.5 Å². The minimum Gasteiger partial charge on any atom is -0.389 e. The van der Waals surface area contributed by atoms with E-state index in [1.807, 2.05) is 20.8 Å². The Hall–Kier alpha value is -0.370. The van der Waals surface area contributed by atoms with Crippen LogP contribution in [0.15, 0.2) is 0 Å². The van der Waals surface area contributed by atoms with Gasteiger partial charge in [0.05, 0.1) is 0 Å². The van der Waals surface area contributed by atoms with Crippen molar-refractivity contribution in [1.82, 2.24) is 0 Å². The lowest BCUT2D eigenvalue weighted by Crippen LogP contribution is -2.25. The quantitative estimate of drug-likeness (QED) is 0.618. The Bertz CT molecular complexity index is 105. The molecule has 0 amide bonds. The molecule has 0 unspecified atom stereocenters. The Morgan fingerprint density at radius 3 is 2.11 bits per heavy atom. The van der Waals surface area contributed by atoms with Crippen molar-refractivity contribution in [3.63, 3.8) is 0 Å². The molecule has 2 nitrogen and oxygen atoms in total. The Balaban J connectivity index is 3.97. The molecule has 0 aromatic heterocycles. The Labute approximate surface area is 55.9 Å². The first-order chi connectivity index (χ1) is 4.04. The molecule has 54 valence electrons. The summed E-state index contributed by atoms with van der Waals surface area (Å²) in [6.45, 7) is 5.28. The largest absolute Gasteiger partial charge is 0.389 e. The van der Waals surface area contributed by atoms with Crippen LogP contribution in [0, 0.1) is 5.41 Å². The summed E-state index contributed by atoms with van der Waals surface area (Å²) in [4.78, 5) is 10.8. The van der Waals surface area contributed by atoms with Crippen molar-refractivity contribution in [2.45, 2.75) is 27.2 Å². The van der Waals surface area contributed by atoms with E-state index < -0.39 is 0 Å². The highest BCUT2D eigenvalue weighted by Crippen LogP contribution is 2.19. The van der Waals surface area contributed by atoms with Crippen molar-refractivity contribution in [3.05, 3.63) is 0 Å². The summed E-state index contributed by atoms with van der Waals surface area (Å²) < 4.78 is 0. The zero-order valence-electron chi connectivity index (χ0n) is 6.27. The van der Waals surface area contributed by atoms with Crippen molar-refractivity contribution < 1.29 is 9.90 Å². The third-order valence-corrected chi connectivity index (χ3v) is 1.78. The monoisotopic (exact) mass is 130 g/mol. The van der Waals surface area contributed by atoms with E-state index >= 15 is 0 Å². The number of carbonyl (C=O) groups excluding carboxylic acids is 1. The number of aliphatic hydroxyl groups excluding tert-OH is 1. The fourth-order valence-electron chi connectivity index (χ4n) is 0.411. The highest BCUT2D eigenvalue weighted by Gasteiger charge is 2.23. The smallest absolute Gasteiger partial charge is 0.163 e. The first-order valence-electron chi connectivity index (χ1n) is 3.18. The molecular weight excluding hydrogens is 116 g/mol. The maximum absolute atomic E-state index is 10.8. The van der Waals surface area contributed by atoms with Gasteiger partial charge in [-0.05, 0) is 6.42 Å². The summed E-state index contributed by atoms with van der Waals surface area (Å²) in [5.41, 5.74) is -0.339. The molecule has 0 aliphatic carbocycles. The van der Waals surface area contributed by atoms with Gasteiger partial charge in [0.25, 0.3) is 0 Å². The van der Waals surface area contributed by atoms with Gasteiger partial charge in [0, 0.05) is 5.41 Å². The summed E-state index contributed by atoms with van der Waals surface area (Å²) in [6.07, 6.45) is 0.784. The van der Waals surface area contributed by atoms with Crippen LogP contribution in [0.2, 0.25) is 0 Å². The Morgan fingerprint density at radius 2 is 2.00 bits per heavy atom. The van der Waals surface area contributed by atoms with Crippen LogP contribution < -0.4 is 0 Å². The maximum Gasteiger partial charge on any atom is 0.163 e. The second-order valence-electron chi connectivity index (χ2n) is 2.82. The summed E-state index contributed by atoms with van der Waals surface area (Å²) in [7, 11) is 0. The normalized spacial score (nSPS) is 11.6. The third kappa shape index (κ3) is 2.14. The van der Waals surface area contributed by atoms with E-state index in [4.69, 9.17) is 5.11 Å². The molecular formula is C7H14O2. The molecule has 0 aromatic carbocycles. The number of rotatable bonds is 3. The van der Waals surface area contributed by atoms with Gasteiger partial charge in [-0.1, -0.05) is 20.8 Å². The molecule has 0 bridgehead atoms. The topological polar surface area (TPSA) is 37.3 Å². The first kappa shape index (κ1) is 8.63. The van der Waals surface area contributed by atoms with Crippen LogP contribution in [0.4, 0.5) is 0 Å². The Morgan fingerprint density at radius 1 is 1.56 bits per heavy atom. The minimum absolute atomic E-state index is 0.0787. The van der Waals surface area contributed by atoms with Crippen LogP contribution >= 0.6 is 0 Å². The molecule has 0 aliphatic rings. The van der Waals surface area contributed by atoms with Crippen molar-refractivity contribution in [3.8, 4) is 0 Å². The van der Waals surface area contributed by atoms with Gasteiger partial charge in [0.1, 0.15) is 6.61 Å². The number of Topliss-reactive ketones (excluding diaryl/α,β-unsaturated/α-hetero) is 1. The molecule has 2 heteroatoms. The molecule has 0 aromatic rings. The van der Waals surface area contributed by atoms with E-state index in [9.17, 15) is 4.79 Å². The van der Waals surface area contributed by atoms with Crippen molar-refractivity contribution >= 4 is 5.78 Å². The van der Waals surface area contributed by atoms with Crippen LogP contribution in [0.25, 0.3) is 0 Å². The summed E-state index contributed by atoms with van der Waals surface area (Å²) >= 11 is 0. The molecule has 0 aliphatic heterocycles. The maximum atomic E-state index is 10.8. The van der Waals surface area contributed by atoms with E-state index in [0.29, 0.717) is 0 Å². The van der Waals surface area contributed by atoms with Crippen molar-refractivity contribution in [2.24, 2.45) is 5.41 Å². The van der Waals surface area contributed by atoms with Gasteiger partial charge in [0.15, 0.2) is 5.78 Å². The fourth-order valence-corrected chi connectivity index (χ4v) is 0.411. The number of hydrogen-bond acceptors (Lipinski definition) is 2. The average molecular weight is 130 g/mol. The van der Waals surface area contributed by atoms with Gasteiger partial charge >= 0.3 is 0 Å². The molecule has 0 heterocycles. The predicted molar refractivity (Wildman–Crippen MR) is 36.2 cm³/mol. The lowest BCUT2D eigenvalue weighted by molar-refractivity contribution is -0.130. The molecule has 0 saturated heterocycles. The van der Waals surface area contributed by atoms with Gasteiger partial charge in [-0.15, -0.1) is 0 Å². The summed E-state index contributed by atoms with van der Waals surface area (Å²) in [5.74, 6) is -0.0787. The van der Waals surface area contributed by atoms with Gasteiger partial charge in [-0.25, -0.2) is 0 Å². The lowest BCUT2D eigenvalue weighted by Gasteiger charge is -2.18. The fraction of sp³-hybridized carbons (Fsp3) is 0.857. The lowest BCUT2D eigenvalue weighted by atomic mass is 9.86. The number of ketones is 1. The molecule has 0 saturated carbocycles. The molecule has 9 heavy (non-hydrogen) atoms. The zero-order chi connectivity index (χ0) is 7.49. The second kappa shape index (κ2) is 2.97. The Kier molecular flexibility index (Phi) is 2.85. The number of aliphatic hydroxyl groups is 1. The van der Waals surface area contributed by atoms with Crippen LogP contribution in [-0.2, 0) is 4.79 Å². The first-order valence-corrected chi connectivity index (χ1v) is 3.18. The summed E-state index contributed by atoms with van der Waals surface area (Å²) in [5, 5.41) is 8.45. The molecule has 0 radical (unpaired) electrons. The minimum atomic E-state index is -0.339. The summed E-state index contributed by atoms with van der Waals surface area (Å²) in [6, 6.07) is 0. The van der Waals surface area contributed by atoms with E-state index in [2.05, 4.69) is 0 Å².